The van der Waals surface area contributed by atoms with Gasteiger partial charge in [0, 0.05) is 17.8 Å². The van der Waals surface area contributed by atoms with E-state index in [-0.39, 0.29) is 11.6 Å². The highest BCUT2D eigenvalue weighted by molar-refractivity contribution is 7.12. The molecular weight excluding hydrogens is 276 g/mol. The normalized spacial score (nSPS) is 10.4. The van der Waals surface area contributed by atoms with Crippen molar-refractivity contribution < 1.29 is 4.79 Å². The summed E-state index contributed by atoms with van der Waals surface area (Å²) in [6.45, 7) is 1.78. The fourth-order valence-electron chi connectivity index (χ4n) is 1.67. The predicted octanol–water partition coefficient (Wildman–Crippen LogP) is 1.68. The van der Waals surface area contributed by atoms with Crippen LogP contribution in [0.4, 0.5) is 5.69 Å². The number of nitrogens with zero attached hydrogens (tertiary/aromatic N) is 5. The first-order valence-electron chi connectivity index (χ1n) is 5.79. The molecule has 0 radical (unpaired) electrons. The Morgan fingerprint density at radius 2 is 2.30 bits per heavy atom. The third kappa shape index (κ3) is 2.28. The standard InChI is InChI=1S/C12H10N6OS/c1-8-10(11(19)15-9-3-2-4-13-7-9)16-17-18(8)12-14-5-6-20-12/h2-7H,1H3,(H,15,19). The van der Waals surface area contributed by atoms with E-state index >= 15 is 0 Å². The fourth-order valence-corrected chi connectivity index (χ4v) is 2.31. The molecule has 1 amide bonds. The van der Waals surface area contributed by atoms with E-state index in [1.807, 2.05) is 5.38 Å². The molecule has 20 heavy (non-hydrogen) atoms. The van der Waals surface area contributed by atoms with Gasteiger partial charge in [-0.15, -0.1) is 16.4 Å². The Bertz CT molecular complexity index is 722. The third-order valence-corrected chi connectivity index (χ3v) is 3.38. The molecule has 3 heterocycles. The topological polar surface area (TPSA) is 85.6 Å². The van der Waals surface area contributed by atoms with Gasteiger partial charge in [0.05, 0.1) is 17.6 Å². The molecule has 0 atom stereocenters. The van der Waals surface area contributed by atoms with E-state index in [1.54, 1.807) is 42.3 Å². The van der Waals surface area contributed by atoms with Crippen molar-refractivity contribution in [2.45, 2.75) is 6.92 Å². The number of rotatable bonds is 3. The summed E-state index contributed by atoms with van der Waals surface area (Å²) in [5.41, 5.74) is 1.52. The Morgan fingerprint density at radius 3 is 3.00 bits per heavy atom. The Labute approximate surface area is 118 Å². The van der Waals surface area contributed by atoms with Gasteiger partial charge in [0.2, 0.25) is 5.13 Å². The van der Waals surface area contributed by atoms with Crippen LogP contribution in [0.3, 0.4) is 0 Å². The number of anilines is 1. The van der Waals surface area contributed by atoms with Crippen LogP contribution in [0, 0.1) is 6.92 Å². The number of nitrogens with one attached hydrogen (secondary N) is 1. The number of aromatic nitrogens is 5. The third-order valence-electron chi connectivity index (χ3n) is 2.63. The molecule has 3 rings (SSSR count). The van der Waals surface area contributed by atoms with E-state index in [0.29, 0.717) is 16.5 Å². The lowest BCUT2D eigenvalue weighted by Gasteiger charge is -2.02. The molecule has 0 fully saturated rings. The molecule has 8 heteroatoms. The second-order valence-corrected chi connectivity index (χ2v) is 4.82. The molecule has 0 unspecified atom stereocenters. The molecule has 3 aromatic heterocycles. The Kier molecular flexibility index (Phi) is 3.21. The summed E-state index contributed by atoms with van der Waals surface area (Å²) in [5, 5.41) is 13.1. The average Bonchev–Trinajstić information content (AvgIpc) is 3.08. The van der Waals surface area contributed by atoms with E-state index in [4.69, 9.17) is 0 Å². The number of amides is 1. The van der Waals surface area contributed by atoms with Crippen LogP contribution in [0.15, 0.2) is 36.1 Å². The van der Waals surface area contributed by atoms with Crippen molar-refractivity contribution in [3.63, 3.8) is 0 Å². The van der Waals surface area contributed by atoms with Crippen LogP contribution in [-0.2, 0) is 0 Å². The second kappa shape index (κ2) is 5.17. The summed E-state index contributed by atoms with van der Waals surface area (Å²) in [5.74, 6) is -0.321. The number of carbonyl (C=O) groups is 1. The molecule has 0 saturated carbocycles. The van der Waals surface area contributed by atoms with Gasteiger partial charge >= 0.3 is 0 Å². The van der Waals surface area contributed by atoms with Gasteiger partial charge in [-0.05, 0) is 19.1 Å². The van der Waals surface area contributed by atoms with E-state index in [0.717, 1.165) is 0 Å². The summed E-state index contributed by atoms with van der Waals surface area (Å²) in [6, 6.07) is 3.50. The summed E-state index contributed by atoms with van der Waals surface area (Å²) in [6.07, 6.45) is 4.88. The molecule has 0 saturated heterocycles. The van der Waals surface area contributed by atoms with Crippen LogP contribution in [0.25, 0.3) is 5.13 Å². The zero-order valence-electron chi connectivity index (χ0n) is 10.5. The summed E-state index contributed by atoms with van der Waals surface area (Å²) in [4.78, 5) is 20.2. The van der Waals surface area contributed by atoms with E-state index in [9.17, 15) is 4.79 Å². The van der Waals surface area contributed by atoms with Crippen molar-refractivity contribution in [3.8, 4) is 5.13 Å². The highest BCUT2D eigenvalue weighted by Crippen LogP contribution is 2.15. The maximum Gasteiger partial charge on any atom is 0.278 e. The minimum Gasteiger partial charge on any atom is -0.319 e. The van der Waals surface area contributed by atoms with Crippen LogP contribution in [-0.4, -0.2) is 30.9 Å². The molecule has 0 aliphatic heterocycles. The van der Waals surface area contributed by atoms with E-state index in [1.165, 1.54) is 11.3 Å². The maximum atomic E-state index is 12.1. The molecule has 0 aromatic carbocycles. The first-order valence-corrected chi connectivity index (χ1v) is 6.67. The second-order valence-electron chi connectivity index (χ2n) is 3.95. The van der Waals surface area contributed by atoms with Gasteiger partial charge < -0.3 is 5.32 Å². The first-order chi connectivity index (χ1) is 9.75. The highest BCUT2D eigenvalue weighted by Gasteiger charge is 2.18. The zero-order chi connectivity index (χ0) is 13.9. The molecule has 7 nitrogen and oxygen atoms in total. The van der Waals surface area contributed by atoms with Crippen molar-refractivity contribution in [1.29, 1.82) is 0 Å². The van der Waals surface area contributed by atoms with Gasteiger partial charge in [-0.1, -0.05) is 5.21 Å². The van der Waals surface area contributed by atoms with Crippen molar-refractivity contribution in [1.82, 2.24) is 25.0 Å². The smallest absolute Gasteiger partial charge is 0.278 e. The molecule has 100 valence electrons. The lowest BCUT2D eigenvalue weighted by molar-refractivity contribution is 0.102. The van der Waals surface area contributed by atoms with Crippen molar-refractivity contribution in [3.05, 3.63) is 47.5 Å². The maximum absolute atomic E-state index is 12.1. The number of hydrogen-bond donors (Lipinski definition) is 1. The highest BCUT2D eigenvalue weighted by atomic mass is 32.1. The van der Waals surface area contributed by atoms with Gasteiger partial charge in [0.25, 0.3) is 5.91 Å². The van der Waals surface area contributed by atoms with Gasteiger partial charge in [-0.2, -0.15) is 4.68 Å². The van der Waals surface area contributed by atoms with Crippen LogP contribution in [0.1, 0.15) is 16.2 Å². The summed E-state index contributed by atoms with van der Waals surface area (Å²) < 4.78 is 1.54. The molecule has 3 aromatic rings. The average molecular weight is 286 g/mol. The SMILES string of the molecule is Cc1c(C(=O)Nc2cccnc2)nnn1-c1nccs1. The lowest BCUT2D eigenvalue weighted by atomic mass is 10.3. The minimum absolute atomic E-state index is 0.268. The molecule has 0 spiro atoms. The molecular formula is C12H10N6OS. The van der Waals surface area contributed by atoms with Crippen LogP contribution in [0.2, 0.25) is 0 Å². The van der Waals surface area contributed by atoms with Gasteiger partial charge in [-0.25, -0.2) is 4.98 Å². The van der Waals surface area contributed by atoms with Crippen LogP contribution < -0.4 is 5.32 Å². The van der Waals surface area contributed by atoms with Crippen molar-refractivity contribution in [2.24, 2.45) is 0 Å². The fraction of sp³-hybridized carbons (Fsp3) is 0.0833. The monoisotopic (exact) mass is 286 g/mol. The molecule has 0 bridgehead atoms. The Morgan fingerprint density at radius 1 is 1.40 bits per heavy atom. The van der Waals surface area contributed by atoms with Crippen LogP contribution in [0.5, 0.6) is 0 Å². The zero-order valence-corrected chi connectivity index (χ0v) is 11.3. The quantitative estimate of drug-likeness (QED) is 0.791. The molecule has 0 aliphatic carbocycles. The van der Waals surface area contributed by atoms with Crippen LogP contribution >= 0.6 is 11.3 Å². The van der Waals surface area contributed by atoms with Gasteiger partial charge in [0.15, 0.2) is 5.69 Å². The minimum atomic E-state index is -0.321. The molecule has 0 aliphatic rings. The molecule has 1 N–H and O–H groups in total. The predicted molar refractivity (Wildman–Crippen MR) is 74.0 cm³/mol. The number of pyridine rings is 1. The first kappa shape index (κ1) is 12.4. The van der Waals surface area contributed by atoms with Gasteiger partial charge in [0.1, 0.15) is 0 Å². The van der Waals surface area contributed by atoms with Gasteiger partial charge in [-0.3, -0.25) is 9.78 Å². The lowest BCUT2D eigenvalue weighted by Crippen LogP contribution is -2.14. The number of carbonyl (C=O) groups excluding carboxylic acids is 1. The number of thiazole rings is 1. The Hall–Kier alpha value is -2.61. The summed E-state index contributed by atoms with van der Waals surface area (Å²) in [7, 11) is 0. The van der Waals surface area contributed by atoms with Crippen molar-refractivity contribution >= 4 is 22.9 Å². The largest absolute Gasteiger partial charge is 0.319 e. The van der Waals surface area contributed by atoms with E-state index in [2.05, 4.69) is 25.6 Å². The number of hydrogen-bond acceptors (Lipinski definition) is 6. The summed E-state index contributed by atoms with van der Waals surface area (Å²) >= 11 is 1.43. The van der Waals surface area contributed by atoms with E-state index < -0.39 is 0 Å². The Balaban J connectivity index is 1.86. The van der Waals surface area contributed by atoms with Crippen molar-refractivity contribution in [2.75, 3.05) is 5.32 Å².